The second-order valence-electron chi connectivity index (χ2n) is 4.20. The minimum atomic E-state index is -3.19. The lowest BCUT2D eigenvalue weighted by atomic mass is 10.3. The molecule has 0 bridgehead atoms. The van der Waals surface area contributed by atoms with Crippen LogP contribution in [-0.4, -0.2) is 38.3 Å². The van der Waals surface area contributed by atoms with Crippen LogP contribution in [-0.2, 0) is 16.4 Å². The summed E-state index contributed by atoms with van der Waals surface area (Å²) in [6, 6.07) is 5.57. The molecule has 1 aliphatic heterocycles. The monoisotopic (exact) mass is 255 g/mol. The molecular formula is C11H17N3O2S. The van der Waals surface area contributed by atoms with Crippen LogP contribution >= 0.6 is 0 Å². The summed E-state index contributed by atoms with van der Waals surface area (Å²) in [7, 11) is -3.19. The molecular weight excluding hydrogens is 238 g/mol. The van der Waals surface area contributed by atoms with Gasteiger partial charge in [0.15, 0.2) is 0 Å². The van der Waals surface area contributed by atoms with E-state index in [1.165, 1.54) is 0 Å². The molecule has 6 heteroatoms. The van der Waals surface area contributed by atoms with Crippen molar-refractivity contribution in [2.75, 3.05) is 18.8 Å². The fourth-order valence-corrected chi connectivity index (χ4v) is 3.16. The highest BCUT2D eigenvalue weighted by Gasteiger charge is 2.20. The number of nitrogens with one attached hydrogen (secondary N) is 2. The van der Waals surface area contributed by atoms with Crippen molar-refractivity contribution in [2.24, 2.45) is 0 Å². The quantitative estimate of drug-likeness (QED) is 0.771. The Morgan fingerprint density at radius 2 is 2.35 bits per heavy atom. The summed E-state index contributed by atoms with van der Waals surface area (Å²) in [5, 5.41) is 3.13. The van der Waals surface area contributed by atoms with Crippen LogP contribution in [0, 0.1) is 0 Å². The van der Waals surface area contributed by atoms with Gasteiger partial charge in [0, 0.05) is 30.9 Å². The Labute approximate surface area is 102 Å². The third-order valence-electron chi connectivity index (χ3n) is 2.76. The molecule has 0 unspecified atom stereocenters. The zero-order valence-electron chi connectivity index (χ0n) is 9.59. The van der Waals surface area contributed by atoms with Crippen LogP contribution in [0.15, 0.2) is 24.4 Å². The number of rotatable bonds is 5. The van der Waals surface area contributed by atoms with Gasteiger partial charge in [-0.15, -0.1) is 0 Å². The number of hydrogen-bond donors (Lipinski definition) is 2. The van der Waals surface area contributed by atoms with Crippen LogP contribution in [0.25, 0.3) is 0 Å². The number of hydrogen-bond acceptors (Lipinski definition) is 4. The summed E-state index contributed by atoms with van der Waals surface area (Å²) >= 11 is 0. The van der Waals surface area contributed by atoms with Gasteiger partial charge in [-0.25, -0.2) is 13.1 Å². The van der Waals surface area contributed by atoms with Gasteiger partial charge in [-0.3, -0.25) is 4.98 Å². The molecule has 0 aromatic carbocycles. The summed E-state index contributed by atoms with van der Waals surface area (Å²) in [4.78, 5) is 4.11. The second-order valence-corrected chi connectivity index (χ2v) is 6.07. The molecule has 1 saturated heterocycles. The van der Waals surface area contributed by atoms with Gasteiger partial charge in [0.25, 0.3) is 0 Å². The summed E-state index contributed by atoms with van der Waals surface area (Å²) in [5.74, 6) is 0.0977. The van der Waals surface area contributed by atoms with Gasteiger partial charge < -0.3 is 5.32 Å². The molecule has 1 fully saturated rings. The van der Waals surface area contributed by atoms with Gasteiger partial charge in [0.2, 0.25) is 10.0 Å². The summed E-state index contributed by atoms with van der Waals surface area (Å²) in [5.41, 5.74) is 0.808. The van der Waals surface area contributed by atoms with Gasteiger partial charge >= 0.3 is 0 Å². The smallest absolute Gasteiger partial charge is 0.212 e. The zero-order valence-corrected chi connectivity index (χ0v) is 10.4. The van der Waals surface area contributed by atoms with Gasteiger partial charge in [0.05, 0.1) is 5.75 Å². The van der Waals surface area contributed by atoms with Crippen molar-refractivity contribution in [3.05, 3.63) is 30.1 Å². The summed E-state index contributed by atoms with van der Waals surface area (Å²) in [6.45, 7) is 1.61. The Morgan fingerprint density at radius 1 is 1.47 bits per heavy atom. The lowest BCUT2D eigenvalue weighted by Crippen LogP contribution is -2.38. The van der Waals surface area contributed by atoms with Gasteiger partial charge in [-0.1, -0.05) is 6.07 Å². The number of aromatic nitrogens is 1. The summed E-state index contributed by atoms with van der Waals surface area (Å²) < 4.78 is 26.3. The lowest BCUT2D eigenvalue weighted by molar-refractivity contribution is 0.559. The zero-order chi connectivity index (χ0) is 12.1. The summed E-state index contributed by atoms with van der Waals surface area (Å²) in [6.07, 6.45) is 3.00. The van der Waals surface area contributed by atoms with Crippen LogP contribution in [0.5, 0.6) is 0 Å². The minimum Gasteiger partial charge on any atom is -0.315 e. The molecule has 0 radical (unpaired) electrons. The molecule has 1 atom stereocenters. The molecule has 2 N–H and O–H groups in total. The van der Waals surface area contributed by atoms with Gasteiger partial charge in [-0.05, 0) is 25.1 Å². The molecule has 5 nitrogen and oxygen atoms in total. The maximum absolute atomic E-state index is 11.8. The molecule has 1 aromatic heterocycles. The first-order chi connectivity index (χ1) is 8.16. The van der Waals surface area contributed by atoms with Crippen LogP contribution < -0.4 is 10.0 Å². The van der Waals surface area contributed by atoms with E-state index in [0.29, 0.717) is 6.42 Å². The van der Waals surface area contributed by atoms with E-state index in [-0.39, 0.29) is 11.8 Å². The van der Waals surface area contributed by atoms with Crippen LogP contribution in [0.1, 0.15) is 12.1 Å². The molecule has 17 heavy (non-hydrogen) atoms. The third-order valence-corrected chi connectivity index (χ3v) is 4.19. The van der Waals surface area contributed by atoms with Crippen molar-refractivity contribution in [2.45, 2.75) is 18.9 Å². The van der Waals surface area contributed by atoms with Crippen molar-refractivity contribution < 1.29 is 8.42 Å². The molecule has 1 aromatic rings. The SMILES string of the molecule is O=S(=O)(CCc1ccccn1)N[C@H]1CCNC1. The molecule has 0 amide bonds. The molecule has 2 rings (SSSR count). The van der Waals surface area contributed by atoms with Gasteiger partial charge in [-0.2, -0.15) is 0 Å². The van der Waals surface area contributed by atoms with Crippen molar-refractivity contribution in [1.82, 2.24) is 15.0 Å². The molecule has 0 spiro atoms. The Balaban J connectivity index is 1.85. The third kappa shape index (κ3) is 4.07. The first-order valence-electron chi connectivity index (χ1n) is 5.76. The standard InChI is InChI=1S/C11H17N3O2S/c15-17(16,14-11-4-7-12-9-11)8-5-10-3-1-2-6-13-10/h1-3,6,11-12,14H,4-5,7-9H2/t11-/m0/s1. The van der Waals surface area contributed by atoms with Crippen LogP contribution in [0.2, 0.25) is 0 Å². The molecule has 1 aliphatic rings. The number of sulfonamides is 1. The van der Waals surface area contributed by atoms with Crippen molar-refractivity contribution in [3.8, 4) is 0 Å². The number of aryl methyl sites for hydroxylation is 1. The minimum absolute atomic E-state index is 0.0451. The predicted molar refractivity (Wildman–Crippen MR) is 66.1 cm³/mol. The fourth-order valence-electron chi connectivity index (χ4n) is 1.85. The van der Waals surface area contributed by atoms with E-state index < -0.39 is 10.0 Å². The normalized spacial score (nSPS) is 20.6. The Hall–Kier alpha value is -0.980. The van der Waals surface area contributed by atoms with E-state index in [9.17, 15) is 8.42 Å². The Morgan fingerprint density at radius 3 is 3.00 bits per heavy atom. The maximum Gasteiger partial charge on any atom is 0.212 e. The Bertz CT molecular complexity index is 441. The fraction of sp³-hybridized carbons (Fsp3) is 0.545. The van der Waals surface area contributed by atoms with E-state index in [2.05, 4.69) is 15.0 Å². The topological polar surface area (TPSA) is 71.1 Å². The highest BCUT2D eigenvalue weighted by molar-refractivity contribution is 7.89. The average Bonchev–Trinajstić information content (AvgIpc) is 2.80. The van der Waals surface area contributed by atoms with Crippen molar-refractivity contribution >= 4 is 10.0 Å². The highest BCUT2D eigenvalue weighted by atomic mass is 32.2. The molecule has 0 saturated carbocycles. The first-order valence-corrected chi connectivity index (χ1v) is 7.41. The largest absolute Gasteiger partial charge is 0.315 e. The maximum atomic E-state index is 11.8. The molecule has 0 aliphatic carbocycles. The predicted octanol–water partition coefficient (Wildman–Crippen LogP) is -0.0946. The lowest BCUT2D eigenvalue weighted by Gasteiger charge is -2.11. The highest BCUT2D eigenvalue weighted by Crippen LogP contribution is 2.02. The number of pyridine rings is 1. The van der Waals surface area contributed by atoms with Crippen LogP contribution in [0.4, 0.5) is 0 Å². The van der Waals surface area contributed by atoms with E-state index in [0.717, 1.165) is 25.2 Å². The van der Waals surface area contributed by atoms with E-state index in [1.54, 1.807) is 6.20 Å². The van der Waals surface area contributed by atoms with Gasteiger partial charge in [0.1, 0.15) is 0 Å². The molecule has 94 valence electrons. The second kappa shape index (κ2) is 5.57. The average molecular weight is 255 g/mol. The van der Waals surface area contributed by atoms with Crippen LogP contribution in [0.3, 0.4) is 0 Å². The van der Waals surface area contributed by atoms with E-state index in [4.69, 9.17) is 0 Å². The Kier molecular flexibility index (Phi) is 4.09. The van der Waals surface area contributed by atoms with Crippen molar-refractivity contribution in [1.29, 1.82) is 0 Å². The van der Waals surface area contributed by atoms with E-state index >= 15 is 0 Å². The van der Waals surface area contributed by atoms with Crippen molar-refractivity contribution in [3.63, 3.8) is 0 Å². The number of nitrogens with zero attached hydrogens (tertiary/aromatic N) is 1. The first kappa shape index (κ1) is 12.5. The van der Waals surface area contributed by atoms with E-state index in [1.807, 2.05) is 18.2 Å². The molecule has 2 heterocycles.